The van der Waals surface area contributed by atoms with E-state index in [1.165, 1.54) is 0 Å². The Bertz CT molecular complexity index is 302. The fraction of sp³-hybridized carbons (Fsp3) is 0.500. The Morgan fingerprint density at radius 3 is 2.86 bits per heavy atom. The van der Waals surface area contributed by atoms with Crippen LogP contribution in [-0.2, 0) is 0 Å². The Balaban J connectivity index is 2.53. The molecule has 78 valence electrons. The zero-order chi connectivity index (χ0) is 10.6. The molecule has 14 heavy (non-hydrogen) atoms. The molecule has 0 saturated carbocycles. The highest BCUT2D eigenvalue weighted by Gasteiger charge is 2.03. The van der Waals surface area contributed by atoms with Crippen LogP contribution in [-0.4, -0.2) is 11.6 Å². The van der Waals surface area contributed by atoms with Gasteiger partial charge in [0.1, 0.15) is 5.15 Å². The molecule has 1 aromatic heterocycles. The maximum atomic E-state index is 5.71. The van der Waals surface area contributed by atoms with E-state index in [1.807, 2.05) is 0 Å². The van der Waals surface area contributed by atoms with Crippen LogP contribution >= 0.6 is 11.6 Å². The molecular formula is C10H15ClN2O. The van der Waals surface area contributed by atoms with Gasteiger partial charge in [-0.3, -0.25) is 0 Å². The maximum Gasteiger partial charge on any atom is 0.238 e. The van der Waals surface area contributed by atoms with E-state index in [1.54, 1.807) is 12.1 Å². The fourth-order valence-corrected chi connectivity index (χ4v) is 1.08. The molecule has 2 N–H and O–H groups in total. The number of hydrogen-bond donors (Lipinski definition) is 1. The Kier molecular flexibility index (Phi) is 4.01. The lowest BCUT2D eigenvalue weighted by atomic mass is 10.1. The van der Waals surface area contributed by atoms with Gasteiger partial charge in [0.05, 0.1) is 12.3 Å². The molecule has 0 spiro atoms. The summed E-state index contributed by atoms with van der Waals surface area (Å²) >= 11 is 5.71. The molecule has 0 amide bonds. The number of rotatable bonds is 4. The minimum atomic E-state index is 0.402. The molecule has 0 bridgehead atoms. The third kappa shape index (κ3) is 3.42. The second-order valence-corrected chi connectivity index (χ2v) is 3.95. The number of nitrogen functional groups attached to an aromatic ring is 1. The number of halogens is 1. The number of aromatic nitrogens is 1. The van der Waals surface area contributed by atoms with Crippen molar-refractivity contribution >= 4 is 17.3 Å². The predicted octanol–water partition coefficient (Wildman–Crippen LogP) is 2.74. The van der Waals surface area contributed by atoms with E-state index in [-0.39, 0.29) is 0 Å². The van der Waals surface area contributed by atoms with Gasteiger partial charge < -0.3 is 10.5 Å². The van der Waals surface area contributed by atoms with Gasteiger partial charge in [-0.25, -0.2) is 0 Å². The minimum Gasteiger partial charge on any atom is -0.476 e. The summed E-state index contributed by atoms with van der Waals surface area (Å²) in [6.45, 7) is 4.89. The molecule has 0 aliphatic carbocycles. The van der Waals surface area contributed by atoms with Crippen molar-refractivity contribution in [1.82, 2.24) is 4.98 Å². The number of nitrogens with zero attached hydrogens (tertiary/aromatic N) is 1. The highest BCUT2D eigenvalue weighted by atomic mass is 35.5. The normalized spacial score (nSPS) is 10.6. The molecule has 0 unspecified atom stereocenters. The van der Waals surface area contributed by atoms with Gasteiger partial charge in [-0.15, -0.1) is 0 Å². The molecule has 0 fully saturated rings. The Morgan fingerprint density at radius 1 is 1.50 bits per heavy atom. The Hall–Kier alpha value is -0.960. The topological polar surface area (TPSA) is 48.1 Å². The molecule has 1 rings (SSSR count). The fourth-order valence-electron chi connectivity index (χ4n) is 0.936. The zero-order valence-electron chi connectivity index (χ0n) is 8.46. The van der Waals surface area contributed by atoms with Crippen LogP contribution in [0.25, 0.3) is 0 Å². The summed E-state index contributed by atoms with van der Waals surface area (Å²) in [5.74, 6) is 1.04. The lowest BCUT2D eigenvalue weighted by Gasteiger charge is -2.08. The first-order valence-corrected chi connectivity index (χ1v) is 5.02. The first-order valence-electron chi connectivity index (χ1n) is 4.64. The lowest BCUT2D eigenvalue weighted by Crippen LogP contribution is -2.04. The molecular weight excluding hydrogens is 200 g/mol. The summed E-state index contributed by atoms with van der Waals surface area (Å²) in [4.78, 5) is 3.99. The smallest absolute Gasteiger partial charge is 0.238 e. The highest BCUT2D eigenvalue weighted by Crippen LogP contribution is 2.21. The third-order valence-corrected chi connectivity index (χ3v) is 2.00. The van der Waals surface area contributed by atoms with Crippen LogP contribution in [0.1, 0.15) is 20.3 Å². The molecule has 1 aromatic rings. The summed E-state index contributed by atoms with van der Waals surface area (Å²) in [6.07, 6.45) is 0.980. The van der Waals surface area contributed by atoms with Crippen molar-refractivity contribution in [2.24, 2.45) is 5.92 Å². The Labute approximate surface area is 89.2 Å². The monoisotopic (exact) mass is 214 g/mol. The van der Waals surface area contributed by atoms with Crippen LogP contribution < -0.4 is 10.5 Å². The van der Waals surface area contributed by atoms with Gasteiger partial charge in [-0.2, -0.15) is 4.98 Å². The Morgan fingerprint density at radius 2 is 2.21 bits per heavy atom. The molecule has 0 aromatic carbocycles. The van der Waals surface area contributed by atoms with Crippen LogP contribution in [0.5, 0.6) is 5.88 Å². The van der Waals surface area contributed by atoms with Crippen molar-refractivity contribution in [3.05, 3.63) is 17.3 Å². The summed E-state index contributed by atoms with van der Waals surface area (Å²) in [5.41, 5.74) is 6.19. The van der Waals surface area contributed by atoms with E-state index in [0.29, 0.717) is 29.2 Å². The van der Waals surface area contributed by atoms with E-state index in [9.17, 15) is 0 Å². The van der Waals surface area contributed by atoms with E-state index in [2.05, 4.69) is 18.8 Å². The van der Waals surface area contributed by atoms with Gasteiger partial charge in [0.2, 0.25) is 5.88 Å². The van der Waals surface area contributed by atoms with Crippen molar-refractivity contribution in [2.75, 3.05) is 12.3 Å². The van der Waals surface area contributed by atoms with Gasteiger partial charge >= 0.3 is 0 Å². The second kappa shape index (κ2) is 5.05. The van der Waals surface area contributed by atoms with E-state index >= 15 is 0 Å². The molecule has 1 heterocycles. The number of anilines is 1. The van der Waals surface area contributed by atoms with Crippen LogP contribution in [0.15, 0.2) is 12.1 Å². The summed E-state index contributed by atoms with van der Waals surface area (Å²) in [7, 11) is 0. The number of nitrogens with two attached hydrogens (primary N) is 1. The third-order valence-electron chi connectivity index (χ3n) is 1.79. The maximum absolute atomic E-state index is 5.71. The first kappa shape index (κ1) is 11.1. The predicted molar refractivity (Wildman–Crippen MR) is 58.6 cm³/mol. The molecule has 0 aliphatic rings. The average Bonchev–Trinajstić information content (AvgIpc) is 2.10. The van der Waals surface area contributed by atoms with Gasteiger partial charge in [0, 0.05) is 0 Å². The highest BCUT2D eigenvalue weighted by molar-refractivity contribution is 6.29. The average molecular weight is 215 g/mol. The lowest BCUT2D eigenvalue weighted by molar-refractivity contribution is 0.281. The van der Waals surface area contributed by atoms with Crippen molar-refractivity contribution in [3.8, 4) is 5.88 Å². The van der Waals surface area contributed by atoms with Crippen LogP contribution in [0.4, 0.5) is 5.69 Å². The minimum absolute atomic E-state index is 0.402. The zero-order valence-corrected chi connectivity index (χ0v) is 9.21. The molecule has 0 radical (unpaired) electrons. The van der Waals surface area contributed by atoms with Crippen molar-refractivity contribution in [3.63, 3.8) is 0 Å². The number of hydrogen-bond acceptors (Lipinski definition) is 3. The molecule has 0 saturated heterocycles. The largest absolute Gasteiger partial charge is 0.476 e. The van der Waals surface area contributed by atoms with E-state index in [0.717, 1.165) is 6.42 Å². The quantitative estimate of drug-likeness (QED) is 0.785. The summed E-state index contributed by atoms with van der Waals surface area (Å²) < 4.78 is 5.41. The van der Waals surface area contributed by atoms with E-state index < -0.39 is 0 Å². The van der Waals surface area contributed by atoms with Crippen molar-refractivity contribution in [1.29, 1.82) is 0 Å². The number of pyridine rings is 1. The standard InChI is InChI=1S/C10H15ClN2O/c1-7(2)5-6-14-10-8(12)3-4-9(11)13-10/h3-4,7H,5-6,12H2,1-2H3. The second-order valence-electron chi connectivity index (χ2n) is 3.56. The van der Waals surface area contributed by atoms with Gasteiger partial charge in [-0.05, 0) is 24.5 Å². The van der Waals surface area contributed by atoms with Gasteiger partial charge in [-0.1, -0.05) is 25.4 Å². The summed E-state index contributed by atoms with van der Waals surface area (Å²) in [5, 5.41) is 0.402. The summed E-state index contributed by atoms with van der Waals surface area (Å²) in [6, 6.07) is 3.34. The SMILES string of the molecule is CC(C)CCOc1nc(Cl)ccc1N. The van der Waals surface area contributed by atoms with Gasteiger partial charge in [0.25, 0.3) is 0 Å². The molecule has 0 aliphatic heterocycles. The molecule has 0 atom stereocenters. The van der Waals surface area contributed by atoms with Gasteiger partial charge in [0.15, 0.2) is 0 Å². The van der Waals surface area contributed by atoms with Crippen molar-refractivity contribution in [2.45, 2.75) is 20.3 Å². The van der Waals surface area contributed by atoms with E-state index in [4.69, 9.17) is 22.1 Å². The number of ether oxygens (including phenoxy) is 1. The van der Waals surface area contributed by atoms with Crippen LogP contribution in [0.2, 0.25) is 5.15 Å². The van der Waals surface area contributed by atoms with Crippen LogP contribution in [0.3, 0.4) is 0 Å². The van der Waals surface area contributed by atoms with Crippen molar-refractivity contribution < 1.29 is 4.74 Å². The first-order chi connectivity index (χ1) is 6.59. The molecule has 3 nitrogen and oxygen atoms in total. The molecule has 4 heteroatoms. The van der Waals surface area contributed by atoms with Crippen LogP contribution in [0, 0.1) is 5.92 Å².